The number of aromatic nitrogens is 12. The molecule has 6 atom stereocenters. The summed E-state index contributed by atoms with van der Waals surface area (Å²) in [5.74, 6) is 1.33. The smallest absolute Gasteiger partial charge is 0.280 e. The van der Waals surface area contributed by atoms with E-state index >= 15 is 0 Å². The largest absolute Gasteiger partial charge is 0.366 e. The maximum atomic E-state index is 14.3. The molecule has 26 heteroatoms. The Morgan fingerprint density at radius 3 is 1.64 bits per heavy atom. The molecule has 1 N–H and O–H groups in total. The van der Waals surface area contributed by atoms with Gasteiger partial charge in [-0.25, -0.2) is 37.5 Å². The minimum Gasteiger partial charge on any atom is -0.366 e. The van der Waals surface area contributed by atoms with Gasteiger partial charge in [0.25, 0.3) is 11.1 Å². The van der Waals surface area contributed by atoms with E-state index in [4.69, 9.17) is 32.2 Å². The van der Waals surface area contributed by atoms with Gasteiger partial charge in [-0.2, -0.15) is 9.97 Å². The van der Waals surface area contributed by atoms with Crippen LogP contribution in [0.25, 0.3) is 22.3 Å². The van der Waals surface area contributed by atoms with Gasteiger partial charge >= 0.3 is 0 Å². The highest BCUT2D eigenvalue weighted by molar-refractivity contribution is 9.10. The van der Waals surface area contributed by atoms with Crippen molar-refractivity contribution in [3.05, 3.63) is 131 Å². The lowest BCUT2D eigenvalue weighted by atomic mass is 10.2. The number of fused-ring (bicyclic) bond motifs is 4. The third-order valence-corrected chi connectivity index (χ3v) is 13.5. The van der Waals surface area contributed by atoms with Crippen LogP contribution in [0.15, 0.2) is 72.7 Å². The fourth-order valence-electron chi connectivity index (χ4n) is 8.80. The second kappa shape index (κ2) is 17.8. The summed E-state index contributed by atoms with van der Waals surface area (Å²) >= 11 is 13.8. The molecule has 2 aliphatic heterocycles. The van der Waals surface area contributed by atoms with Crippen LogP contribution >= 0.6 is 51.5 Å². The highest BCUT2D eigenvalue weighted by Gasteiger charge is 2.59. The zero-order chi connectivity index (χ0) is 45.4. The summed E-state index contributed by atoms with van der Waals surface area (Å²) in [6.07, 6.45) is 5.98. The van der Waals surface area contributed by atoms with Gasteiger partial charge in [-0.15, -0.1) is 12.4 Å². The zero-order valence-electron chi connectivity index (χ0n) is 34.3. The van der Waals surface area contributed by atoms with Crippen molar-refractivity contribution in [2.75, 3.05) is 31.1 Å². The van der Waals surface area contributed by atoms with Crippen LogP contribution in [0.5, 0.6) is 0 Å². The number of piperidine rings is 2. The van der Waals surface area contributed by atoms with Crippen LogP contribution in [0.1, 0.15) is 35.3 Å². The summed E-state index contributed by atoms with van der Waals surface area (Å²) in [7, 11) is 3.50. The van der Waals surface area contributed by atoms with Gasteiger partial charge in [0.1, 0.15) is 43.1 Å². The van der Waals surface area contributed by atoms with E-state index in [9.17, 15) is 27.2 Å². The average molecular weight is 1040 g/mol. The number of nitrogens with zero attached hydrogens (tertiary/aromatic N) is 13. The van der Waals surface area contributed by atoms with Gasteiger partial charge in [0.2, 0.25) is 11.8 Å². The van der Waals surface area contributed by atoms with Gasteiger partial charge in [-0.1, -0.05) is 33.5 Å². The molecule has 344 valence electrons. The number of rotatable bonds is 7. The number of hydrogen-bond acceptors (Lipinski definition) is 14. The van der Waals surface area contributed by atoms with Crippen molar-refractivity contribution in [2.45, 2.75) is 24.9 Å². The summed E-state index contributed by atoms with van der Waals surface area (Å²) in [5, 5.41) is 11.3. The molecule has 2 unspecified atom stereocenters. The zero-order valence-corrected chi connectivity index (χ0v) is 38.2. The van der Waals surface area contributed by atoms with Crippen LogP contribution in [-0.2, 0) is 27.2 Å². The van der Waals surface area contributed by atoms with Crippen molar-refractivity contribution in [1.82, 2.24) is 63.8 Å². The van der Waals surface area contributed by atoms with Gasteiger partial charge in [0.15, 0.2) is 45.6 Å². The summed E-state index contributed by atoms with van der Waals surface area (Å²) < 4.78 is 70.1. The highest BCUT2D eigenvalue weighted by Crippen LogP contribution is 2.58. The first-order valence-corrected chi connectivity index (χ1v) is 21.6. The molecule has 4 fully saturated rings. The van der Waals surface area contributed by atoms with Crippen molar-refractivity contribution in [2.24, 2.45) is 37.8 Å². The molecule has 0 amide bonds. The van der Waals surface area contributed by atoms with Crippen molar-refractivity contribution in [3.63, 3.8) is 0 Å². The van der Waals surface area contributed by atoms with E-state index in [1.54, 1.807) is 34.5 Å². The van der Waals surface area contributed by atoms with Crippen molar-refractivity contribution in [3.8, 4) is 0 Å². The molecule has 0 spiro atoms. The monoisotopic (exact) mass is 1030 g/mol. The Morgan fingerprint density at radius 2 is 1.14 bits per heavy atom. The topological polar surface area (TPSA) is 199 Å². The van der Waals surface area contributed by atoms with E-state index in [0.29, 0.717) is 70.8 Å². The molecule has 0 radical (unpaired) electrons. The van der Waals surface area contributed by atoms with Crippen molar-refractivity contribution >= 4 is 79.6 Å². The average Bonchev–Trinajstić information content (AvgIpc) is 3.85. The lowest BCUT2D eigenvalue weighted by Gasteiger charge is -2.22. The molecular formula is C40H34BrCl3F4N14O4. The van der Waals surface area contributed by atoms with E-state index in [-0.39, 0.29) is 74.6 Å². The Hall–Kier alpha value is -5.75. The first-order valence-electron chi connectivity index (χ1n) is 20.0. The number of benzene rings is 2. The van der Waals surface area contributed by atoms with Crippen LogP contribution in [0.3, 0.4) is 0 Å². The van der Waals surface area contributed by atoms with Crippen LogP contribution in [0.2, 0.25) is 10.0 Å². The third-order valence-electron chi connectivity index (χ3n) is 12.2. The van der Waals surface area contributed by atoms with E-state index in [2.05, 4.69) is 61.5 Å². The molecule has 2 aromatic carbocycles. The molecule has 66 heavy (non-hydrogen) atoms. The summed E-state index contributed by atoms with van der Waals surface area (Å²) in [6, 6.07) is 4.64. The first kappa shape index (κ1) is 45.4. The normalized spacial score (nSPS) is 21.2. The van der Waals surface area contributed by atoms with Gasteiger partial charge < -0.3 is 28.4 Å². The van der Waals surface area contributed by atoms with Gasteiger partial charge in [-0.05, 0) is 77.0 Å². The number of anilines is 1. The lowest BCUT2D eigenvalue weighted by molar-refractivity contribution is 0.363. The third kappa shape index (κ3) is 8.24. The van der Waals surface area contributed by atoms with Gasteiger partial charge in [-0.3, -0.25) is 18.7 Å². The predicted molar refractivity (Wildman–Crippen MR) is 235 cm³/mol. The number of imidazole rings is 2. The number of nitrogens with one attached hydrogen (secondary N) is 1. The minimum absolute atomic E-state index is 0. The minimum atomic E-state index is -0.762. The summed E-state index contributed by atoms with van der Waals surface area (Å²) in [6.45, 7) is 3.33. The molecule has 8 aromatic rings. The summed E-state index contributed by atoms with van der Waals surface area (Å²) in [5.41, 5.74) is 1.18. The van der Waals surface area contributed by atoms with E-state index in [1.807, 2.05) is 0 Å². The molecule has 2 saturated carbocycles. The standard InChI is InChI=1S/C20H16ClF2N7O2.C14H15N7O2.C6H2BrClF2.ClH/c1-28-7-24-19-17(28)20(31)30(8-25-19)6-13-26-18(27-32-13)14-9-4-29(5-10(9)14)16-12(22)3-2-11(21)15(16)23;1-20-5-16-13-11(20)14(22)21(6-17-13)4-9-18-12(19-23-9)10-7-2-15-3-8(7)10;7-5-4(9)2-1-3(8)6(5)10;/h2-3,7-10,14H,4-6H2,1H3;5-8,10,15H,2-4H2,1H3;1-2H;1H/t9-,10+,14?;7-,8+,10?;;. The maximum absolute atomic E-state index is 14.3. The van der Waals surface area contributed by atoms with Gasteiger partial charge in [0, 0.05) is 39.0 Å². The Kier molecular flexibility index (Phi) is 12.3. The lowest BCUT2D eigenvalue weighted by Crippen LogP contribution is -2.26. The molecule has 2 aliphatic carbocycles. The predicted octanol–water partition coefficient (Wildman–Crippen LogP) is 5.64. The molecular weight excluding hydrogens is 1000 g/mol. The second-order valence-corrected chi connectivity index (χ2v) is 17.7. The van der Waals surface area contributed by atoms with Crippen LogP contribution in [0.4, 0.5) is 23.2 Å². The maximum Gasteiger partial charge on any atom is 0.280 e. The molecule has 2 saturated heterocycles. The first-order chi connectivity index (χ1) is 31.3. The van der Waals surface area contributed by atoms with Crippen molar-refractivity contribution < 1.29 is 26.6 Å². The Bertz CT molecular complexity index is 3220. The molecule has 4 aliphatic rings. The van der Waals surface area contributed by atoms with Crippen LogP contribution < -0.4 is 21.3 Å². The highest BCUT2D eigenvalue weighted by atomic mass is 79.9. The molecule has 0 bridgehead atoms. The number of halogens is 8. The van der Waals surface area contributed by atoms with Crippen LogP contribution in [0, 0.1) is 46.9 Å². The number of hydrogen-bond donors (Lipinski definition) is 1. The van der Waals surface area contributed by atoms with Crippen LogP contribution in [-0.4, -0.2) is 84.7 Å². The molecule has 8 heterocycles. The molecule has 6 aromatic heterocycles. The van der Waals surface area contributed by atoms with E-state index in [1.165, 1.54) is 40.2 Å². The fraction of sp³-hybridized carbons (Fsp3) is 0.350. The quantitative estimate of drug-likeness (QED) is 0.117. The van der Waals surface area contributed by atoms with E-state index < -0.39 is 23.3 Å². The number of aryl methyl sites for hydroxylation is 2. The molecule has 18 nitrogen and oxygen atoms in total. The van der Waals surface area contributed by atoms with E-state index in [0.717, 1.165) is 31.0 Å². The van der Waals surface area contributed by atoms with Gasteiger partial charge in [0.05, 0.1) is 27.2 Å². The Labute approximate surface area is 393 Å². The molecule has 12 rings (SSSR count). The Morgan fingerprint density at radius 1 is 0.682 bits per heavy atom. The van der Waals surface area contributed by atoms with Crippen molar-refractivity contribution in [1.29, 1.82) is 0 Å². The fourth-order valence-corrected chi connectivity index (χ4v) is 9.57. The second-order valence-electron chi connectivity index (χ2n) is 16.1. The Balaban J connectivity index is 0.000000140. The summed E-state index contributed by atoms with van der Waals surface area (Å²) in [4.78, 5) is 52.3. The SMILES string of the molecule is Cl.Cn1cnc2ncn(Cc3nc(C4[C@H]5CN(c6c(F)ccc(Cl)c6F)C[C@@H]45)no3)c(=O)c21.Cn1cnc2ncn(Cc3nc(C4[C@H]5CNC[C@@H]45)no3)c(=O)c21.Fc1ccc(Cl)c(F)c1Br.